The Morgan fingerprint density at radius 3 is 3.08 bits per heavy atom. The van der Waals surface area contributed by atoms with E-state index in [1.165, 1.54) is 11.8 Å². The van der Waals surface area contributed by atoms with Crippen LogP contribution in [-0.2, 0) is 0 Å². The summed E-state index contributed by atoms with van der Waals surface area (Å²) in [5, 5.41) is 7.81. The van der Waals surface area contributed by atoms with E-state index >= 15 is 0 Å². The molecule has 0 spiro atoms. The summed E-state index contributed by atoms with van der Waals surface area (Å²) in [4.78, 5) is 8.08. The third-order valence-electron chi connectivity index (χ3n) is 1.18. The Hall–Kier alpha value is -1.10. The molecular weight excluding hydrogens is 172 g/mol. The molecule has 1 heterocycles. The van der Waals surface area contributed by atoms with Gasteiger partial charge >= 0.3 is 0 Å². The molecule has 12 heavy (non-hydrogen) atoms. The van der Waals surface area contributed by atoms with Gasteiger partial charge in [0.25, 0.3) is 0 Å². The summed E-state index contributed by atoms with van der Waals surface area (Å²) in [7, 11) is 0. The van der Waals surface area contributed by atoms with Crippen LogP contribution in [0.1, 0.15) is 12.6 Å². The molecule has 1 aromatic rings. The summed E-state index contributed by atoms with van der Waals surface area (Å²) >= 11 is 1.53. The Morgan fingerprint density at radius 2 is 2.50 bits per heavy atom. The summed E-state index contributed by atoms with van der Waals surface area (Å²) in [5.41, 5.74) is 5.75. The Morgan fingerprint density at radius 1 is 1.75 bits per heavy atom. The molecule has 0 aliphatic carbocycles. The average molecular weight is 182 g/mol. The van der Waals surface area contributed by atoms with Gasteiger partial charge in [0, 0.05) is 6.20 Å². The van der Waals surface area contributed by atoms with E-state index in [1.54, 1.807) is 12.3 Å². The average Bonchev–Trinajstić information content (AvgIpc) is 2.05. The van der Waals surface area contributed by atoms with Crippen molar-refractivity contribution in [2.75, 3.05) is 5.75 Å². The third kappa shape index (κ3) is 2.20. The highest BCUT2D eigenvalue weighted by Crippen LogP contribution is 2.10. The van der Waals surface area contributed by atoms with Crippen LogP contribution in [0.2, 0.25) is 0 Å². The Bertz CT molecular complexity index is 286. The number of hydrogen-bond donors (Lipinski definition) is 2. The number of hydrogen-bond acceptors (Lipinski definition) is 4. The van der Waals surface area contributed by atoms with Crippen molar-refractivity contribution >= 4 is 17.6 Å². The lowest BCUT2D eigenvalue weighted by Gasteiger charge is -1.99. The zero-order valence-electron chi connectivity index (χ0n) is 6.74. The first kappa shape index (κ1) is 8.99. The second-order valence-electron chi connectivity index (χ2n) is 2.07. The predicted molar refractivity (Wildman–Crippen MR) is 49.4 cm³/mol. The molecule has 0 bridgehead atoms. The van der Waals surface area contributed by atoms with Crippen molar-refractivity contribution in [3.8, 4) is 0 Å². The fourth-order valence-electron chi connectivity index (χ4n) is 0.689. The first-order chi connectivity index (χ1) is 5.74. The van der Waals surface area contributed by atoms with E-state index < -0.39 is 0 Å². The molecule has 0 saturated heterocycles. The molecule has 0 atom stereocenters. The van der Waals surface area contributed by atoms with Gasteiger partial charge in [0.2, 0.25) is 0 Å². The molecule has 4 nitrogen and oxygen atoms in total. The fraction of sp³-hybridized carbons (Fsp3) is 0.286. The van der Waals surface area contributed by atoms with Gasteiger partial charge in [-0.25, -0.2) is 9.97 Å². The van der Waals surface area contributed by atoms with Crippen LogP contribution >= 0.6 is 11.8 Å². The maximum Gasteiger partial charge on any atom is 0.188 e. The zero-order chi connectivity index (χ0) is 8.97. The highest BCUT2D eigenvalue weighted by atomic mass is 32.2. The number of rotatable bonds is 3. The number of nitrogens with two attached hydrogens (primary N) is 1. The van der Waals surface area contributed by atoms with Gasteiger partial charge in [-0.3, -0.25) is 5.41 Å². The van der Waals surface area contributed by atoms with Crippen molar-refractivity contribution in [2.45, 2.75) is 12.1 Å². The molecule has 0 radical (unpaired) electrons. The molecule has 0 aliphatic heterocycles. The minimum atomic E-state index is -0.0182. The Kier molecular flexibility index (Phi) is 3.04. The molecule has 1 rings (SSSR count). The first-order valence-corrected chi connectivity index (χ1v) is 4.53. The second-order valence-corrected chi connectivity index (χ2v) is 3.30. The van der Waals surface area contributed by atoms with Crippen LogP contribution in [0.3, 0.4) is 0 Å². The van der Waals surface area contributed by atoms with E-state index in [4.69, 9.17) is 11.1 Å². The summed E-state index contributed by atoms with van der Waals surface area (Å²) < 4.78 is 0. The van der Waals surface area contributed by atoms with Gasteiger partial charge < -0.3 is 5.73 Å². The summed E-state index contributed by atoms with van der Waals surface area (Å²) in [5.74, 6) is 0.900. The number of nitrogen functional groups attached to an aromatic ring is 1. The van der Waals surface area contributed by atoms with Crippen LogP contribution in [0.25, 0.3) is 0 Å². The topological polar surface area (TPSA) is 75.7 Å². The quantitative estimate of drug-likeness (QED) is 0.315. The van der Waals surface area contributed by atoms with Gasteiger partial charge in [-0.05, 0) is 11.8 Å². The monoisotopic (exact) mass is 182 g/mol. The summed E-state index contributed by atoms with van der Waals surface area (Å²) in [6.07, 6.45) is 1.61. The largest absolute Gasteiger partial charge is 0.382 e. The van der Waals surface area contributed by atoms with E-state index in [-0.39, 0.29) is 5.84 Å². The van der Waals surface area contributed by atoms with Crippen LogP contribution < -0.4 is 5.73 Å². The van der Waals surface area contributed by atoms with Crippen LogP contribution in [0.5, 0.6) is 0 Å². The van der Waals surface area contributed by atoms with E-state index in [9.17, 15) is 0 Å². The Balaban J connectivity index is 2.88. The second kappa shape index (κ2) is 4.06. The first-order valence-electron chi connectivity index (χ1n) is 3.54. The SMILES string of the molecule is CCSc1nccc(C(=N)N)n1. The van der Waals surface area contributed by atoms with Gasteiger partial charge in [-0.2, -0.15) is 0 Å². The van der Waals surface area contributed by atoms with Crippen molar-refractivity contribution < 1.29 is 0 Å². The van der Waals surface area contributed by atoms with Crippen LogP contribution in [0.15, 0.2) is 17.4 Å². The third-order valence-corrected chi connectivity index (χ3v) is 1.93. The van der Waals surface area contributed by atoms with E-state index in [0.29, 0.717) is 10.9 Å². The van der Waals surface area contributed by atoms with E-state index in [0.717, 1.165) is 5.75 Å². The minimum Gasteiger partial charge on any atom is -0.382 e. The summed E-state index contributed by atoms with van der Waals surface area (Å²) in [6, 6.07) is 1.63. The molecule has 1 aromatic heterocycles. The number of nitrogens with one attached hydrogen (secondary N) is 1. The maximum atomic E-state index is 7.14. The molecule has 0 saturated carbocycles. The Labute approximate surface area is 75.1 Å². The smallest absolute Gasteiger partial charge is 0.188 e. The molecule has 0 aliphatic rings. The number of thioether (sulfide) groups is 1. The van der Waals surface area contributed by atoms with Crippen molar-refractivity contribution in [1.29, 1.82) is 5.41 Å². The normalized spacial score (nSPS) is 9.75. The van der Waals surface area contributed by atoms with Gasteiger partial charge in [0.05, 0.1) is 0 Å². The van der Waals surface area contributed by atoms with Crippen molar-refractivity contribution in [3.05, 3.63) is 18.0 Å². The van der Waals surface area contributed by atoms with E-state index in [2.05, 4.69) is 9.97 Å². The molecule has 0 aromatic carbocycles. The highest BCUT2D eigenvalue weighted by molar-refractivity contribution is 7.99. The molecule has 0 fully saturated rings. The number of nitrogens with zero attached hydrogens (tertiary/aromatic N) is 2. The molecule has 3 N–H and O–H groups in total. The maximum absolute atomic E-state index is 7.14. The van der Waals surface area contributed by atoms with Crippen molar-refractivity contribution in [3.63, 3.8) is 0 Å². The van der Waals surface area contributed by atoms with Crippen LogP contribution in [0.4, 0.5) is 0 Å². The highest BCUT2D eigenvalue weighted by Gasteiger charge is 2.00. The number of aromatic nitrogens is 2. The fourth-order valence-corrected chi connectivity index (χ4v) is 1.25. The lowest BCUT2D eigenvalue weighted by molar-refractivity contribution is 0.954. The van der Waals surface area contributed by atoms with Gasteiger partial charge in [-0.15, -0.1) is 0 Å². The lowest BCUT2D eigenvalue weighted by atomic mass is 10.4. The molecule has 0 unspecified atom stereocenters. The molecular formula is C7H10N4S. The van der Waals surface area contributed by atoms with Crippen molar-refractivity contribution in [1.82, 2.24) is 9.97 Å². The van der Waals surface area contributed by atoms with Gasteiger partial charge in [-0.1, -0.05) is 18.7 Å². The van der Waals surface area contributed by atoms with Crippen LogP contribution in [-0.4, -0.2) is 21.6 Å². The van der Waals surface area contributed by atoms with Gasteiger partial charge in [0.15, 0.2) is 5.16 Å². The predicted octanol–water partition coefficient (Wildman–Crippen LogP) is 0.873. The number of amidine groups is 1. The zero-order valence-corrected chi connectivity index (χ0v) is 7.56. The molecule has 5 heteroatoms. The van der Waals surface area contributed by atoms with E-state index in [1.807, 2.05) is 6.92 Å². The van der Waals surface area contributed by atoms with Crippen LogP contribution in [0, 0.1) is 5.41 Å². The van der Waals surface area contributed by atoms with Gasteiger partial charge in [0.1, 0.15) is 11.5 Å². The minimum absolute atomic E-state index is 0.0182. The standard InChI is InChI=1S/C7H10N4S/c1-2-12-7-10-4-3-5(11-7)6(8)9/h3-4H,2H2,1H3,(H3,8,9). The lowest BCUT2D eigenvalue weighted by Crippen LogP contribution is -2.13. The van der Waals surface area contributed by atoms with Crippen molar-refractivity contribution in [2.24, 2.45) is 5.73 Å². The molecule has 0 amide bonds. The molecule has 64 valence electrons. The summed E-state index contributed by atoms with van der Waals surface area (Å²) in [6.45, 7) is 2.02.